The highest BCUT2D eigenvalue weighted by Gasteiger charge is 2.32. The number of nitrogens with zero attached hydrogens (tertiary/aromatic N) is 2. The smallest absolute Gasteiger partial charge is 0.387 e. The van der Waals surface area contributed by atoms with Crippen molar-refractivity contribution in [1.29, 1.82) is 0 Å². The van der Waals surface area contributed by atoms with Crippen LogP contribution in [-0.2, 0) is 16.1 Å². The number of amides is 1. The molecule has 10 nitrogen and oxygen atoms in total. The molecular formula is C23H29F2N3O7. The van der Waals surface area contributed by atoms with Gasteiger partial charge in [0, 0.05) is 12.1 Å². The van der Waals surface area contributed by atoms with Gasteiger partial charge in [0.2, 0.25) is 5.89 Å². The molecule has 3 N–H and O–H groups in total. The molecule has 0 radical (unpaired) electrons. The summed E-state index contributed by atoms with van der Waals surface area (Å²) in [6.07, 6.45) is 0.893. The number of hydrogen-bond donors (Lipinski definition) is 2. The molecule has 4 rings (SSSR count). The van der Waals surface area contributed by atoms with Gasteiger partial charge in [-0.25, -0.2) is 9.78 Å². The molecule has 1 aromatic heterocycles. The first kappa shape index (κ1) is 26.4. The second-order valence-electron chi connectivity index (χ2n) is 7.74. The van der Waals surface area contributed by atoms with Gasteiger partial charge in [-0.15, -0.1) is 0 Å². The van der Waals surface area contributed by atoms with E-state index in [1.807, 2.05) is 13.8 Å². The molecule has 1 aliphatic heterocycles. The van der Waals surface area contributed by atoms with Crippen molar-refractivity contribution in [3.05, 3.63) is 29.7 Å². The van der Waals surface area contributed by atoms with Crippen LogP contribution in [0.1, 0.15) is 42.9 Å². The molecule has 2 heterocycles. The molecule has 1 aliphatic carbocycles. The van der Waals surface area contributed by atoms with E-state index in [4.69, 9.17) is 24.7 Å². The van der Waals surface area contributed by atoms with E-state index in [-0.39, 0.29) is 55.1 Å². The van der Waals surface area contributed by atoms with Crippen molar-refractivity contribution in [2.24, 2.45) is 11.7 Å². The minimum atomic E-state index is -3.02. The van der Waals surface area contributed by atoms with Gasteiger partial charge in [0.25, 0.3) is 5.91 Å². The Morgan fingerprint density at radius 1 is 1.29 bits per heavy atom. The van der Waals surface area contributed by atoms with Gasteiger partial charge in [-0.1, -0.05) is 13.8 Å². The van der Waals surface area contributed by atoms with Crippen LogP contribution in [0.4, 0.5) is 8.78 Å². The van der Waals surface area contributed by atoms with E-state index < -0.39 is 24.6 Å². The summed E-state index contributed by atoms with van der Waals surface area (Å²) in [5, 5.41) is 9.16. The molecule has 12 heteroatoms. The van der Waals surface area contributed by atoms with Crippen LogP contribution in [0.5, 0.6) is 11.5 Å². The van der Waals surface area contributed by atoms with Gasteiger partial charge in [-0.05, 0) is 37.0 Å². The number of carbonyl (C=O) groups is 2. The lowest BCUT2D eigenvalue weighted by atomic mass is 10.2. The summed E-state index contributed by atoms with van der Waals surface area (Å²) >= 11 is 0. The first-order chi connectivity index (χ1) is 16.9. The number of rotatable bonds is 9. The van der Waals surface area contributed by atoms with Crippen molar-refractivity contribution < 1.29 is 42.1 Å². The number of nitrogens with two attached hydrogens (primary N) is 1. The maximum atomic E-state index is 13.0. The van der Waals surface area contributed by atoms with E-state index in [9.17, 15) is 18.4 Å². The third kappa shape index (κ3) is 6.67. The number of benzene rings is 1. The molecule has 1 atom stereocenters. The summed E-state index contributed by atoms with van der Waals surface area (Å²) in [6, 6.07) is 4.23. The Hall–Kier alpha value is -3.25. The van der Waals surface area contributed by atoms with Crippen LogP contribution in [0, 0.1) is 5.92 Å². The molecule has 2 fully saturated rings. The van der Waals surface area contributed by atoms with Crippen molar-refractivity contribution in [2.45, 2.75) is 45.9 Å². The highest BCUT2D eigenvalue weighted by Crippen LogP contribution is 2.36. The van der Waals surface area contributed by atoms with Crippen molar-refractivity contribution in [3.8, 4) is 23.0 Å². The Balaban J connectivity index is 0.00000167. The topological polar surface area (TPSA) is 137 Å². The zero-order valence-corrected chi connectivity index (χ0v) is 19.5. The molecule has 1 aromatic carbocycles. The lowest BCUT2D eigenvalue weighted by Crippen LogP contribution is -2.48. The molecule has 2 aliphatic rings. The maximum Gasteiger partial charge on any atom is 0.387 e. The molecule has 35 heavy (non-hydrogen) atoms. The van der Waals surface area contributed by atoms with Crippen molar-refractivity contribution >= 4 is 11.9 Å². The number of aromatic nitrogens is 1. The second kappa shape index (κ2) is 11.9. The Kier molecular flexibility index (Phi) is 8.99. The summed E-state index contributed by atoms with van der Waals surface area (Å²) < 4.78 is 46.6. The number of oxazole rings is 1. The first-order valence-electron chi connectivity index (χ1n) is 11.4. The lowest BCUT2D eigenvalue weighted by Gasteiger charge is -2.30. The third-order valence-corrected chi connectivity index (χ3v) is 5.29. The number of aliphatic carboxylic acids is 1. The van der Waals surface area contributed by atoms with E-state index in [1.54, 1.807) is 0 Å². The fourth-order valence-corrected chi connectivity index (χ4v) is 3.35. The molecule has 2 aromatic rings. The first-order valence-corrected chi connectivity index (χ1v) is 11.4. The maximum absolute atomic E-state index is 13.0. The van der Waals surface area contributed by atoms with Crippen LogP contribution < -0.4 is 15.2 Å². The fourth-order valence-electron chi connectivity index (χ4n) is 3.35. The van der Waals surface area contributed by atoms with E-state index in [2.05, 4.69) is 9.72 Å². The van der Waals surface area contributed by atoms with Gasteiger partial charge in [0.1, 0.15) is 0 Å². The van der Waals surface area contributed by atoms with Gasteiger partial charge in [-0.3, -0.25) is 4.79 Å². The van der Waals surface area contributed by atoms with Gasteiger partial charge < -0.3 is 34.4 Å². The molecule has 1 saturated carbocycles. The number of morpholine rings is 1. The summed E-state index contributed by atoms with van der Waals surface area (Å²) in [7, 11) is 0. The van der Waals surface area contributed by atoms with Gasteiger partial charge in [-0.2, -0.15) is 8.78 Å². The Morgan fingerprint density at radius 3 is 2.66 bits per heavy atom. The standard InChI is InChI=1S/C21H23F2N3O7.C2H6/c22-21(23)33-13-4-3-12(7-14(13)31-10-11-1-2-11)18-25-17(15(8-24)32-18)19(27)26-5-6-30-16(9-26)20(28)29;1-2/h3-4,7,11,16,21H,1-2,5-6,8-10,24H2,(H,28,29);1-2H3. The average Bonchev–Trinajstić information content (AvgIpc) is 3.60. The SMILES string of the molecule is CC.NCc1oc(-c2ccc(OC(F)F)c(OCC3CC3)c2)nc1C(=O)N1CCOC(C(=O)O)C1. The predicted octanol–water partition coefficient (Wildman–Crippen LogP) is 3.14. The fraction of sp³-hybridized carbons (Fsp3) is 0.522. The minimum absolute atomic E-state index is 0.0433. The van der Waals surface area contributed by atoms with Gasteiger partial charge in [0.15, 0.2) is 29.1 Å². The number of carboxylic acid groups (broad SMARTS) is 1. The van der Waals surface area contributed by atoms with Gasteiger partial charge >= 0.3 is 12.6 Å². The third-order valence-electron chi connectivity index (χ3n) is 5.29. The van der Waals surface area contributed by atoms with E-state index in [1.165, 1.54) is 23.1 Å². The van der Waals surface area contributed by atoms with E-state index in [0.29, 0.717) is 18.1 Å². The molecule has 1 saturated heterocycles. The Morgan fingerprint density at radius 2 is 2.03 bits per heavy atom. The molecule has 0 bridgehead atoms. The highest BCUT2D eigenvalue weighted by molar-refractivity contribution is 5.94. The van der Waals surface area contributed by atoms with E-state index >= 15 is 0 Å². The molecule has 1 unspecified atom stereocenters. The minimum Gasteiger partial charge on any atom is -0.489 e. The van der Waals surface area contributed by atoms with Crippen LogP contribution in [0.3, 0.4) is 0 Å². The summed E-state index contributed by atoms with van der Waals surface area (Å²) in [4.78, 5) is 29.8. The zero-order valence-electron chi connectivity index (χ0n) is 19.5. The van der Waals surface area contributed by atoms with Crippen molar-refractivity contribution in [2.75, 3.05) is 26.3 Å². The van der Waals surface area contributed by atoms with Crippen molar-refractivity contribution in [1.82, 2.24) is 9.88 Å². The van der Waals surface area contributed by atoms with Crippen LogP contribution in [0.2, 0.25) is 0 Å². The molecule has 1 amide bonds. The number of carboxylic acids is 1. The number of alkyl halides is 2. The second-order valence-corrected chi connectivity index (χ2v) is 7.74. The number of halogens is 2. The van der Waals surface area contributed by atoms with Crippen LogP contribution >= 0.6 is 0 Å². The molecular weight excluding hydrogens is 468 g/mol. The Labute approximate surface area is 200 Å². The Bertz CT molecular complexity index is 1030. The predicted molar refractivity (Wildman–Crippen MR) is 119 cm³/mol. The molecule has 192 valence electrons. The summed E-state index contributed by atoms with van der Waals surface area (Å²) in [5.41, 5.74) is 6.06. The number of carbonyl (C=O) groups excluding carboxylic acids is 1. The normalized spacial score (nSPS) is 17.5. The monoisotopic (exact) mass is 497 g/mol. The largest absolute Gasteiger partial charge is 0.489 e. The summed E-state index contributed by atoms with van der Waals surface area (Å²) in [6.45, 7) is 1.34. The summed E-state index contributed by atoms with van der Waals surface area (Å²) in [5.74, 6) is -1.18. The van der Waals surface area contributed by atoms with Crippen LogP contribution in [0.15, 0.2) is 22.6 Å². The van der Waals surface area contributed by atoms with E-state index in [0.717, 1.165) is 12.8 Å². The highest BCUT2D eigenvalue weighted by atomic mass is 19.3. The lowest BCUT2D eigenvalue weighted by molar-refractivity contribution is -0.154. The van der Waals surface area contributed by atoms with Gasteiger partial charge in [0.05, 0.1) is 26.3 Å². The van der Waals surface area contributed by atoms with Crippen LogP contribution in [0.25, 0.3) is 11.5 Å². The quantitative estimate of drug-likeness (QED) is 0.535. The number of hydrogen-bond acceptors (Lipinski definition) is 8. The van der Waals surface area contributed by atoms with Crippen LogP contribution in [-0.4, -0.2) is 65.9 Å². The molecule has 0 spiro atoms. The zero-order chi connectivity index (χ0) is 25.5. The number of ether oxygens (including phenoxy) is 3. The van der Waals surface area contributed by atoms with Crippen molar-refractivity contribution in [3.63, 3.8) is 0 Å². The average molecular weight is 497 g/mol.